The number of nitrogens with zero attached hydrogens (tertiary/aromatic N) is 1. The van der Waals surface area contributed by atoms with Crippen LogP contribution >= 0.6 is 11.6 Å². The van der Waals surface area contributed by atoms with Crippen molar-refractivity contribution in [2.45, 2.75) is 39.0 Å². The van der Waals surface area contributed by atoms with Crippen LogP contribution in [0, 0.1) is 5.41 Å². The Morgan fingerprint density at radius 1 is 0.963 bits per heavy atom. The average molecular weight is 380 g/mol. The molecule has 2 aromatic carbocycles. The number of hydrogen-bond donors (Lipinski definition) is 0. The lowest BCUT2D eigenvalue weighted by Gasteiger charge is -2.43. The Morgan fingerprint density at radius 2 is 1.63 bits per heavy atom. The van der Waals surface area contributed by atoms with E-state index in [2.05, 4.69) is 13.8 Å². The number of benzene rings is 2. The van der Waals surface area contributed by atoms with Crippen molar-refractivity contribution in [1.82, 2.24) is 0 Å². The molecule has 27 heavy (non-hydrogen) atoms. The van der Waals surface area contributed by atoms with Gasteiger partial charge in [-0.1, -0.05) is 67.9 Å². The van der Waals surface area contributed by atoms with E-state index in [9.17, 15) is 9.59 Å². The number of ketones is 1. The van der Waals surface area contributed by atoms with Crippen LogP contribution in [0.4, 0.5) is 5.69 Å². The number of allylic oxidation sites excluding steroid dienone is 2. The lowest BCUT2D eigenvalue weighted by atomic mass is 9.69. The molecule has 0 fully saturated rings. The summed E-state index contributed by atoms with van der Waals surface area (Å²) in [7, 11) is 0. The summed E-state index contributed by atoms with van der Waals surface area (Å²) >= 11 is 6.41. The topological polar surface area (TPSA) is 37.4 Å². The van der Waals surface area contributed by atoms with Gasteiger partial charge < -0.3 is 0 Å². The number of anilines is 1. The maximum Gasteiger partial charge on any atom is 0.232 e. The van der Waals surface area contributed by atoms with E-state index in [1.807, 2.05) is 48.5 Å². The van der Waals surface area contributed by atoms with Gasteiger partial charge in [0.25, 0.3) is 0 Å². The van der Waals surface area contributed by atoms with Crippen molar-refractivity contribution in [2.24, 2.45) is 5.41 Å². The highest BCUT2D eigenvalue weighted by molar-refractivity contribution is 6.34. The summed E-state index contributed by atoms with van der Waals surface area (Å²) in [4.78, 5) is 28.1. The van der Waals surface area contributed by atoms with E-state index in [4.69, 9.17) is 11.6 Å². The van der Waals surface area contributed by atoms with E-state index in [-0.39, 0.29) is 29.4 Å². The summed E-state index contributed by atoms with van der Waals surface area (Å²) in [5.41, 5.74) is 3.09. The zero-order chi connectivity index (χ0) is 19.2. The molecule has 1 heterocycles. The standard InChI is InChI=1S/C23H22ClNO2/c1-23(2)13-19-22(20(26)14-23)16(15-8-4-3-5-9-15)12-21(27)25(19)18-11-7-6-10-17(18)24/h3-11,16H,12-14H2,1-2H3. The van der Waals surface area contributed by atoms with Gasteiger partial charge in [0.1, 0.15) is 0 Å². The number of halogens is 1. The molecule has 0 saturated heterocycles. The first-order chi connectivity index (χ1) is 12.9. The van der Waals surface area contributed by atoms with Crippen LogP contribution in [0.2, 0.25) is 5.02 Å². The maximum absolute atomic E-state index is 13.2. The van der Waals surface area contributed by atoms with Crippen LogP contribution in [-0.4, -0.2) is 11.7 Å². The van der Waals surface area contributed by atoms with Crippen LogP contribution in [0.5, 0.6) is 0 Å². The van der Waals surface area contributed by atoms with Crippen molar-refractivity contribution in [3.8, 4) is 0 Å². The lowest BCUT2D eigenvalue weighted by Crippen LogP contribution is -2.43. The lowest BCUT2D eigenvalue weighted by molar-refractivity contribution is -0.121. The van der Waals surface area contributed by atoms with Gasteiger partial charge in [-0.05, 0) is 29.5 Å². The molecule has 0 N–H and O–H groups in total. The van der Waals surface area contributed by atoms with Crippen LogP contribution in [0.25, 0.3) is 0 Å². The molecule has 1 aliphatic heterocycles. The second-order valence-electron chi connectivity index (χ2n) is 8.15. The molecule has 138 valence electrons. The molecular formula is C23H22ClNO2. The van der Waals surface area contributed by atoms with Crippen LogP contribution in [0.1, 0.15) is 44.6 Å². The predicted molar refractivity (Wildman–Crippen MR) is 108 cm³/mol. The molecule has 1 amide bonds. The second kappa shape index (κ2) is 6.65. The van der Waals surface area contributed by atoms with Gasteiger partial charge in [0.15, 0.2) is 5.78 Å². The van der Waals surface area contributed by atoms with Gasteiger partial charge in [-0.2, -0.15) is 0 Å². The number of carbonyl (C=O) groups is 2. The van der Waals surface area contributed by atoms with E-state index in [1.165, 1.54) is 0 Å². The Hall–Kier alpha value is -2.39. The summed E-state index contributed by atoms with van der Waals surface area (Å²) in [5.74, 6) is -0.0584. The van der Waals surface area contributed by atoms with E-state index < -0.39 is 0 Å². The third-order valence-electron chi connectivity index (χ3n) is 5.44. The molecule has 2 aliphatic rings. The largest absolute Gasteiger partial charge is 0.294 e. The van der Waals surface area contributed by atoms with Gasteiger partial charge in [0, 0.05) is 30.0 Å². The van der Waals surface area contributed by atoms with Gasteiger partial charge in [-0.3, -0.25) is 14.5 Å². The number of Topliss-reactive ketones (excluding diaryl/α,β-unsaturated/α-hetero) is 1. The molecule has 2 aromatic rings. The zero-order valence-electron chi connectivity index (χ0n) is 15.5. The minimum absolute atomic E-state index is 0.0128. The number of rotatable bonds is 2. The van der Waals surface area contributed by atoms with E-state index in [1.54, 1.807) is 11.0 Å². The smallest absolute Gasteiger partial charge is 0.232 e. The second-order valence-corrected chi connectivity index (χ2v) is 8.56. The molecule has 0 bridgehead atoms. The average Bonchev–Trinajstić information content (AvgIpc) is 2.62. The molecule has 0 aromatic heterocycles. The van der Waals surface area contributed by atoms with E-state index >= 15 is 0 Å². The summed E-state index contributed by atoms with van der Waals surface area (Å²) in [6.07, 6.45) is 1.45. The number of amides is 1. The molecule has 1 unspecified atom stereocenters. The highest BCUT2D eigenvalue weighted by atomic mass is 35.5. The third kappa shape index (κ3) is 3.21. The SMILES string of the molecule is CC1(C)CC(=O)C2=C(C1)N(c1ccccc1Cl)C(=O)CC2c1ccccc1. The fraction of sp³-hybridized carbons (Fsp3) is 0.304. The van der Waals surface area contributed by atoms with Gasteiger partial charge in [0.05, 0.1) is 10.7 Å². The quantitative estimate of drug-likeness (QED) is 0.690. The molecule has 4 heteroatoms. The summed E-state index contributed by atoms with van der Waals surface area (Å²) in [6.45, 7) is 4.16. The molecule has 0 radical (unpaired) electrons. The molecule has 1 atom stereocenters. The van der Waals surface area contributed by atoms with Crippen LogP contribution in [-0.2, 0) is 9.59 Å². The summed E-state index contributed by atoms with van der Waals surface area (Å²) < 4.78 is 0. The highest BCUT2D eigenvalue weighted by Crippen LogP contribution is 2.48. The predicted octanol–water partition coefficient (Wildman–Crippen LogP) is 5.50. The number of para-hydroxylation sites is 1. The van der Waals surface area contributed by atoms with Crippen LogP contribution < -0.4 is 4.90 Å². The summed E-state index contributed by atoms with van der Waals surface area (Å²) in [6, 6.07) is 17.2. The van der Waals surface area contributed by atoms with E-state index in [0.29, 0.717) is 23.6 Å². The Labute approximate surface area is 164 Å². The fourth-order valence-corrected chi connectivity index (χ4v) is 4.52. The molecule has 3 nitrogen and oxygen atoms in total. The van der Waals surface area contributed by atoms with Gasteiger partial charge in [-0.15, -0.1) is 0 Å². The van der Waals surface area contributed by atoms with Crippen molar-refractivity contribution < 1.29 is 9.59 Å². The Morgan fingerprint density at radius 3 is 2.33 bits per heavy atom. The molecule has 4 rings (SSSR count). The number of hydrogen-bond acceptors (Lipinski definition) is 2. The van der Waals surface area contributed by atoms with Crippen molar-refractivity contribution in [3.05, 3.63) is 76.5 Å². The van der Waals surface area contributed by atoms with Crippen molar-refractivity contribution in [2.75, 3.05) is 4.90 Å². The summed E-state index contributed by atoms with van der Waals surface area (Å²) in [5, 5.41) is 0.520. The minimum Gasteiger partial charge on any atom is -0.294 e. The first kappa shape index (κ1) is 18.0. The van der Waals surface area contributed by atoms with Crippen molar-refractivity contribution in [3.63, 3.8) is 0 Å². The molecular weight excluding hydrogens is 358 g/mol. The third-order valence-corrected chi connectivity index (χ3v) is 5.76. The van der Waals surface area contributed by atoms with Crippen LogP contribution in [0.3, 0.4) is 0 Å². The molecule has 1 aliphatic carbocycles. The molecule has 0 saturated carbocycles. The number of carbonyl (C=O) groups excluding carboxylic acids is 2. The molecule has 0 spiro atoms. The monoisotopic (exact) mass is 379 g/mol. The van der Waals surface area contributed by atoms with Crippen molar-refractivity contribution in [1.29, 1.82) is 0 Å². The Bertz CT molecular complexity index is 946. The Balaban J connectivity index is 1.92. The highest BCUT2D eigenvalue weighted by Gasteiger charge is 2.44. The van der Waals surface area contributed by atoms with Crippen LogP contribution in [0.15, 0.2) is 65.9 Å². The zero-order valence-corrected chi connectivity index (χ0v) is 16.3. The minimum atomic E-state index is -0.186. The first-order valence-corrected chi connectivity index (χ1v) is 9.64. The van der Waals surface area contributed by atoms with Gasteiger partial charge in [0.2, 0.25) is 5.91 Å². The first-order valence-electron chi connectivity index (χ1n) is 9.26. The van der Waals surface area contributed by atoms with Gasteiger partial charge >= 0.3 is 0 Å². The van der Waals surface area contributed by atoms with Gasteiger partial charge in [-0.25, -0.2) is 0 Å². The normalized spacial score (nSPS) is 22.0. The fourth-order valence-electron chi connectivity index (χ4n) is 4.30. The van der Waals surface area contributed by atoms with Crippen molar-refractivity contribution >= 4 is 29.0 Å². The Kier molecular flexibility index (Phi) is 4.43. The maximum atomic E-state index is 13.2. The van der Waals surface area contributed by atoms with E-state index in [0.717, 1.165) is 16.8 Å².